The Morgan fingerprint density at radius 2 is 1.91 bits per heavy atom. The van der Waals surface area contributed by atoms with Gasteiger partial charge in [0, 0.05) is 52.1 Å². The SMILES string of the molecule is O=C(NCCCCCNc1c2c(nc3cc(Br)ccc13)CCCC2)Oc1ccc2cc[nH]c2c1. The number of rotatable bonds is 8. The number of carbonyl (C=O) groups is 1. The van der Waals surface area contributed by atoms with Gasteiger partial charge in [-0.05, 0) is 92.3 Å². The Morgan fingerprint density at radius 1 is 1.03 bits per heavy atom. The highest BCUT2D eigenvalue weighted by molar-refractivity contribution is 9.10. The van der Waals surface area contributed by atoms with E-state index < -0.39 is 6.09 Å². The molecule has 0 aliphatic heterocycles. The number of unbranched alkanes of at least 4 members (excludes halogenated alkanes) is 2. The van der Waals surface area contributed by atoms with Crippen LogP contribution in [0.4, 0.5) is 10.5 Å². The first-order chi connectivity index (χ1) is 16.7. The van der Waals surface area contributed by atoms with Gasteiger partial charge in [0.05, 0.1) is 5.52 Å². The monoisotopic (exact) mass is 520 g/mol. The number of carbonyl (C=O) groups excluding carboxylic acids is 1. The summed E-state index contributed by atoms with van der Waals surface area (Å²) in [5, 5.41) is 8.85. The predicted octanol–water partition coefficient (Wildman–Crippen LogP) is 6.73. The van der Waals surface area contributed by atoms with Crippen LogP contribution in [0.2, 0.25) is 0 Å². The Hall–Kier alpha value is -3.06. The number of pyridine rings is 1. The number of hydrogen-bond acceptors (Lipinski definition) is 4. The van der Waals surface area contributed by atoms with E-state index in [4.69, 9.17) is 9.72 Å². The maximum atomic E-state index is 12.1. The molecule has 0 unspecified atom stereocenters. The number of aromatic amines is 1. The second-order valence-electron chi connectivity index (χ2n) is 8.81. The Balaban J connectivity index is 1.08. The summed E-state index contributed by atoms with van der Waals surface area (Å²) in [5.74, 6) is 0.539. The fourth-order valence-corrected chi connectivity index (χ4v) is 5.01. The van der Waals surface area contributed by atoms with Crippen molar-refractivity contribution in [2.45, 2.75) is 44.9 Å². The normalized spacial score (nSPS) is 13.1. The Labute approximate surface area is 207 Å². The third kappa shape index (κ3) is 5.20. The molecule has 0 radical (unpaired) electrons. The van der Waals surface area contributed by atoms with Crippen molar-refractivity contribution in [3.8, 4) is 5.75 Å². The van der Waals surface area contributed by atoms with E-state index in [0.717, 1.165) is 59.5 Å². The zero-order valence-corrected chi connectivity index (χ0v) is 20.7. The fourth-order valence-electron chi connectivity index (χ4n) is 4.66. The molecule has 0 fully saturated rings. The zero-order chi connectivity index (χ0) is 23.3. The van der Waals surface area contributed by atoms with Crippen molar-refractivity contribution in [3.05, 3.63) is 64.4 Å². The standard InChI is InChI=1S/C27H29BrN4O2/c28-19-9-11-22-25(16-19)32-23-7-3-2-6-21(23)26(22)30-13-4-1-5-14-31-27(33)34-20-10-8-18-12-15-29-24(18)17-20/h8-12,15-17,29H,1-7,13-14H2,(H,30,32)(H,31,33). The number of halogens is 1. The number of anilines is 1. The molecule has 7 heteroatoms. The highest BCUT2D eigenvalue weighted by Gasteiger charge is 2.18. The topological polar surface area (TPSA) is 79.0 Å². The molecule has 3 N–H and O–H groups in total. The van der Waals surface area contributed by atoms with Crippen molar-refractivity contribution in [1.29, 1.82) is 0 Å². The van der Waals surface area contributed by atoms with E-state index in [1.807, 2.05) is 30.5 Å². The van der Waals surface area contributed by atoms with Crippen LogP contribution in [0, 0.1) is 0 Å². The molecule has 2 heterocycles. The molecule has 1 aliphatic rings. The van der Waals surface area contributed by atoms with E-state index in [0.29, 0.717) is 12.3 Å². The van der Waals surface area contributed by atoms with E-state index >= 15 is 0 Å². The molecular formula is C27H29BrN4O2. The summed E-state index contributed by atoms with van der Waals surface area (Å²) < 4.78 is 6.45. The van der Waals surface area contributed by atoms with Crippen molar-refractivity contribution >= 4 is 49.5 Å². The van der Waals surface area contributed by atoms with Gasteiger partial charge in [0.25, 0.3) is 0 Å². The molecule has 0 saturated carbocycles. The number of benzene rings is 2. The lowest BCUT2D eigenvalue weighted by Gasteiger charge is -2.22. The number of aromatic nitrogens is 2. The average Bonchev–Trinajstić information content (AvgIpc) is 3.30. The summed E-state index contributed by atoms with van der Waals surface area (Å²) >= 11 is 3.58. The maximum Gasteiger partial charge on any atom is 0.412 e. The van der Waals surface area contributed by atoms with Crippen LogP contribution in [-0.2, 0) is 12.8 Å². The van der Waals surface area contributed by atoms with Crippen molar-refractivity contribution in [1.82, 2.24) is 15.3 Å². The minimum atomic E-state index is -0.412. The molecule has 0 atom stereocenters. The number of aryl methyl sites for hydroxylation is 1. The minimum Gasteiger partial charge on any atom is -0.410 e. The van der Waals surface area contributed by atoms with Gasteiger partial charge in [-0.15, -0.1) is 0 Å². The molecule has 1 aliphatic carbocycles. The van der Waals surface area contributed by atoms with Crippen molar-refractivity contribution in [3.63, 3.8) is 0 Å². The number of ether oxygens (including phenoxy) is 1. The second kappa shape index (κ2) is 10.5. The van der Waals surface area contributed by atoms with Gasteiger partial charge in [0.2, 0.25) is 0 Å². The van der Waals surface area contributed by atoms with Crippen LogP contribution in [0.1, 0.15) is 43.4 Å². The summed E-state index contributed by atoms with van der Waals surface area (Å²) in [6.07, 6.45) is 9.04. The summed E-state index contributed by atoms with van der Waals surface area (Å²) in [4.78, 5) is 20.1. The third-order valence-electron chi connectivity index (χ3n) is 6.39. The van der Waals surface area contributed by atoms with Gasteiger partial charge in [-0.25, -0.2) is 4.79 Å². The molecule has 6 nitrogen and oxygen atoms in total. The second-order valence-corrected chi connectivity index (χ2v) is 9.73. The molecule has 1 amide bonds. The van der Waals surface area contributed by atoms with Gasteiger partial charge < -0.3 is 20.4 Å². The van der Waals surface area contributed by atoms with Gasteiger partial charge in [-0.2, -0.15) is 0 Å². The van der Waals surface area contributed by atoms with E-state index in [2.05, 4.69) is 49.7 Å². The lowest BCUT2D eigenvalue weighted by Crippen LogP contribution is -2.27. The molecular weight excluding hydrogens is 492 g/mol. The highest BCUT2D eigenvalue weighted by Crippen LogP contribution is 2.34. The Kier molecular flexibility index (Phi) is 7.00. The van der Waals surface area contributed by atoms with E-state index in [-0.39, 0.29) is 0 Å². The molecule has 2 aromatic carbocycles. The summed E-state index contributed by atoms with van der Waals surface area (Å²) in [6.45, 7) is 1.51. The molecule has 34 heavy (non-hydrogen) atoms. The fraction of sp³-hybridized carbons (Fsp3) is 0.333. The maximum absolute atomic E-state index is 12.1. The van der Waals surface area contributed by atoms with Crippen LogP contribution < -0.4 is 15.4 Å². The van der Waals surface area contributed by atoms with Crippen LogP contribution in [0.25, 0.3) is 21.8 Å². The highest BCUT2D eigenvalue weighted by atomic mass is 79.9. The molecule has 5 rings (SSSR count). The summed E-state index contributed by atoms with van der Waals surface area (Å²) in [6, 6.07) is 13.9. The first-order valence-corrected chi connectivity index (χ1v) is 12.8. The number of nitrogens with zero attached hydrogens (tertiary/aromatic N) is 1. The molecule has 0 spiro atoms. The number of fused-ring (bicyclic) bond motifs is 3. The molecule has 176 valence electrons. The van der Waals surface area contributed by atoms with Crippen molar-refractivity contribution < 1.29 is 9.53 Å². The van der Waals surface area contributed by atoms with Gasteiger partial charge >= 0.3 is 6.09 Å². The van der Waals surface area contributed by atoms with Gasteiger partial charge in [-0.3, -0.25) is 4.98 Å². The van der Waals surface area contributed by atoms with Crippen molar-refractivity contribution in [2.75, 3.05) is 18.4 Å². The average molecular weight is 521 g/mol. The van der Waals surface area contributed by atoms with Gasteiger partial charge in [0.15, 0.2) is 0 Å². The first kappa shape index (κ1) is 22.7. The first-order valence-electron chi connectivity index (χ1n) is 12.0. The number of hydrogen-bond donors (Lipinski definition) is 3. The van der Waals surface area contributed by atoms with Crippen molar-refractivity contribution in [2.24, 2.45) is 0 Å². The van der Waals surface area contributed by atoms with Crippen LogP contribution in [0.3, 0.4) is 0 Å². The van der Waals surface area contributed by atoms with Gasteiger partial charge in [0.1, 0.15) is 5.75 Å². The van der Waals surface area contributed by atoms with E-state index in [1.165, 1.54) is 35.2 Å². The minimum absolute atomic E-state index is 0.412. The molecule has 4 aromatic rings. The zero-order valence-electron chi connectivity index (χ0n) is 19.1. The van der Waals surface area contributed by atoms with Gasteiger partial charge in [-0.1, -0.05) is 15.9 Å². The molecule has 0 bridgehead atoms. The number of amides is 1. The van der Waals surface area contributed by atoms with E-state index in [1.54, 1.807) is 0 Å². The van der Waals surface area contributed by atoms with Crippen LogP contribution >= 0.6 is 15.9 Å². The van der Waals surface area contributed by atoms with E-state index in [9.17, 15) is 4.79 Å². The van der Waals surface area contributed by atoms with Crippen LogP contribution in [0.15, 0.2) is 53.1 Å². The Morgan fingerprint density at radius 3 is 2.85 bits per heavy atom. The Bertz CT molecular complexity index is 1320. The van der Waals surface area contributed by atoms with Crippen LogP contribution in [-0.4, -0.2) is 29.2 Å². The molecule has 0 saturated heterocycles. The lowest BCUT2D eigenvalue weighted by molar-refractivity contribution is 0.200. The summed E-state index contributed by atoms with van der Waals surface area (Å²) in [7, 11) is 0. The largest absolute Gasteiger partial charge is 0.412 e. The quantitative estimate of drug-likeness (QED) is 0.225. The lowest BCUT2D eigenvalue weighted by atomic mass is 9.92. The third-order valence-corrected chi connectivity index (χ3v) is 6.88. The predicted molar refractivity (Wildman–Crippen MR) is 141 cm³/mol. The summed E-state index contributed by atoms with van der Waals surface area (Å²) in [5.41, 5.74) is 5.90. The smallest absolute Gasteiger partial charge is 0.410 e. The number of H-pyrrole nitrogens is 1. The molecule has 2 aromatic heterocycles. The van der Waals surface area contributed by atoms with Crippen LogP contribution in [0.5, 0.6) is 5.75 Å². The number of nitrogens with one attached hydrogen (secondary N) is 3.